The molecule has 0 fully saturated rings. The van der Waals surface area contributed by atoms with Crippen molar-refractivity contribution in [1.29, 1.82) is 0 Å². The standard InChI is InChI=1S/C6H13N3O5/c7-1-2-8-6(10)5-13-3-4-14-9(11)12/h1-5,7H2,(H,8,10). The number of hydrogen-bond acceptors (Lipinski definition) is 6. The van der Waals surface area contributed by atoms with Gasteiger partial charge < -0.3 is 20.6 Å². The molecule has 0 heterocycles. The van der Waals surface area contributed by atoms with Crippen molar-refractivity contribution in [3.63, 3.8) is 0 Å². The Morgan fingerprint density at radius 3 is 2.79 bits per heavy atom. The summed E-state index contributed by atoms with van der Waals surface area (Å²) in [6, 6.07) is 0. The van der Waals surface area contributed by atoms with Crippen molar-refractivity contribution >= 4 is 5.91 Å². The minimum atomic E-state index is -0.919. The maximum absolute atomic E-state index is 10.8. The van der Waals surface area contributed by atoms with E-state index in [1.54, 1.807) is 0 Å². The summed E-state index contributed by atoms with van der Waals surface area (Å²) in [4.78, 5) is 24.5. The van der Waals surface area contributed by atoms with Crippen LogP contribution in [0.25, 0.3) is 0 Å². The van der Waals surface area contributed by atoms with Gasteiger partial charge in [-0.1, -0.05) is 0 Å². The summed E-state index contributed by atoms with van der Waals surface area (Å²) >= 11 is 0. The molecule has 0 aromatic carbocycles. The van der Waals surface area contributed by atoms with Crippen LogP contribution in [0.1, 0.15) is 0 Å². The van der Waals surface area contributed by atoms with Crippen LogP contribution in [0, 0.1) is 10.1 Å². The molecule has 0 aliphatic rings. The van der Waals surface area contributed by atoms with E-state index in [0.29, 0.717) is 13.1 Å². The van der Waals surface area contributed by atoms with Gasteiger partial charge >= 0.3 is 0 Å². The van der Waals surface area contributed by atoms with Crippen LogP contribution >= 0.6 is 0 Å². The highest BCUT2D eigenvalue weighted by Crippen LogP contribution is 1.79. The van der Waals surface area contributed by atoms with Gasteiger partial charge in [-0.2, -0.15) is 0 Å². The smallest absolute Gasteiger partial charge is 0.294 e. The van der Waals surface area contributed by atoms with Gasteiger partial charge in [0.15, 0.2) is 0 Å². The Balaban J connectivity index is 3.19. The molecule has 0 aromatic heterocycles. The Kier molecular flexibility index (Phi) is 7.37. The number of amides is 1. The fourth-order valence-corrected chi connectivity index (χ4v) is 0.598. The molecule has 1 amide bonds. The zero-order chi connectivity index (χ0) is 10.8. The molecule has 0 atom stereocenters. The van der Waals surface area contributed by atoms with Gasteiger partial charge in [-0.3, -0.25) is 4.79 Å². The van der Waals surface area contributed by atoms with Gasteiger partial charge in [0.25, 0.3) is 5.09 Å². The summed E-state index contributed by atoms with van der Waals surface area (Å²) in [5.74, 6) is -0.309. The molecule has 82 valence electrons. The minimum Gasteiger partial charge on any atom is -0.370 e. The molecule has 0 aromatic rings. The average Bonchev–Trinajstić information content (AvgIpc) is 2.13. The lowest BCUT2D eigenvalue weighted by Crippen LogP contribution is -2.32. The van der Waals surface area contributed by atoms with Crippen molar-refractivity contribution in [2.75, 3.05) is 32.9 Å². The van der Waals surface area contributed by atoms with Crippen molar-refractivity contribution in [2.45, 2.75) is 0 Å². The van der Waals surface area contributed by atoms with E-state index in [1.807, 2.05) is 0 Å². The molecule has 0 saturated heterocycles. The van der Waals surface area contributed by atoms with E-state index in [1.165, 1.54) is 0 Å². The summed E-state index contributed by atoms with van der Waals surface area (Å²) in [5, 5.41) is 11.2. The highest BCUT2D eigenvalue weighted by molar-refractivity contribution is 5.77. The average molecular weight is 207 g/mol. The molecule has 0 radical (unpaired) electrons. The second kappa shape index (κ2) is 8.20. The van der Waals surface area contributed by atoms with Crippen molar-refractivity contribution in [2.24, 2.45) is 5.73 Å². The molecular formula is C6H13N3O5. The van der Waals surface area contributed by atoms with E-state index >= 15 is 0 Å². The first-order valence-electron chi connectivity index (χ1n) is 3.98. The second-order valence-electron chi connectivity index (χ2n) is 2.25. The number of carbonyl (C=O) groups excluding carboxylic acids is 1. The van der Waals surface area contributed by atoms with Crippen molar-refractivity contribution in [1.82, 2.24) is 5.32 Å². The van der Waals surface area contributed by atoms with Gasteiger partial charge in [0.05, 0.1) is 6.61 Å². The van der Waals surface area contributed by atoms with Gasteiger partial charge in [-0.15, -0.1) is 10.1 Å². The lowest BCUT2D eigenvalue weighted by atomic mass is 10.5. The van der Waals surface area contributed by atoms with Crippen LogP contribution in [-0.4, -0.2) is 43.9 Å². The van der Waals surface area contributed by atoms with Crippen molar-refractivity contribution < 1.29 is 19.5 Å². The lowest BCUT2D eigenvalue weighted by Gasteiger charge is -2.04. The molecule has 0 rings (SSSR count). The molecule has 8 heteroatoms. The Hall–Kier alpha value is -1.41. The fourth-order valence-electron chi connectivity index (χ4n) is 0.598. The third-order valence-electron chi connectivity index (χ3n) is 1.12. The minimum absolute atomic E-state index is 0.00295. The van der Waals surface area contributed by atoms with Gasteiger partial charge in [0.1, 0.15) is 13.2 Å². The third kappa shape index (κ3) is 8.68. The van der Waals surface area contributed by atoms with Gasteiger partial charge in [0, 0.05) is 13.1 Å². The molecule has 0 spiro atoms. The molecule has 3 N–H and O–H groups in total. The van der Waals surface area contributed by atoms with Crippen LogP contribution in [-0.2, 0) is 14.4 Å². The lowest BCUT2D eigenvalue weighted by molar-refractivity contribution is -0.758. The Morgan fingerprint density at radius 1 is 1.50 bits per heavy atom. The van der Waals surface area contributed by atoms with E-state index in [4.69, 9.17) is 10.5 Å². The monoisotopic (exact) mass is 207 g/mol. The zero-order valence-electron chi connectivity index (χ0n) is 7.60. The predicted octanol–water partition coefficient (Wildman–Crippen LogP) is -1.71. The van der Waals surface area contributed by atoms with E-state index in [2.05, 4.69) is 10.2 Å². The topological polar surface area (TPSA) is 117 Å². The summed E-state index contributed by atoms with van der Waals surface area (Å²) in [6.07, 6.45) is 0. The maximum Gasteiger partial charge on any atom is 0.294 e. The number of ether oxygens (including phenoxy) is 1. The van der Waals surface area contributed by atoms with Crippen LogP contribution in [0.2, 0.25) is 0 Å². The summed E-state index contributed by atoms with van der Waals surface area (Å²) < 4.78 is 4.76. The van der Waals surface area contributed by atoms with E-state index in [-0.39, 0.29) is 25.7 Å². The highest BCUT2D eigenvalue weighted by atomic mass is 17.0. The Bertz CT molecular complexity index is 186. The number of rotatable bonds is 8. The van der Waals surface area contributed by atoms with E-state index in [0.717, 1.165) is 0 Å². The number of hydrogen-bond donors (Lipinski definition) is 2. The molecule has 8 nitrogen and oxygen atoms in total. The zero-order valence-corrected chi connectivity index (χ0v) is 7.60. The van der Waals surface area contributed by atoms with E-state index in [9.17, 15) is 14.9 Å². The summed E-state index contributed by atoms with van der Waals surface area (Å²) in [6.45, 7) is 0.402. The van der Waals surface area contributed by atoms with Crippen LogP contribution in [0.5, 0.6) is 0 Å². The van der Waals surface area contributed by atoms with Crippen LogP contribution in [0.15, 0.2) is 0 Å². The predicted molar refractivity (Wildman–Crippen MR) is 45.8 cm³/mol. The molecule has 0 unspecified atom stereocenters. The Morgan fingerprint density at radius 2 is 2.21 bits per heavy atom. The molecule has 0 bridgehead atoms. The molecule has 0 saturated carbocycles. The van der Waals surface area contributed by atoms with Crippen LogP contribution < -0.4 is 11.1 Å². The van der Waals surface area contributed by atoms with Gasteiger partial charge in [-0.05, 0) is 0 Å². The molecular weight excluding hydrogens is 194 g/mol. The van der Waals surface area contributed by atoms with Crippen molar-refractivity contribution in [3.05, 3.63) is 10.1 Å². The third-order valence-corrected chi connectivity index (χ3v) is 1.12. The summed E-state index contributed by atoms with van der Waals surface area (Å²) in [5.41, 5.74) is 5.14. The first-order chi connectivity index (χ1) is 6.66. The normalized spacial score (nSPS) is 9.50. The Labute approximate surface area is 80.4 Å². The number of nitrogens with one attached hydrogen (secondary N) is 1. The van der Waals surface area contributed by atoms with Crippen molar-refractivity contribution in [3.8, 4) is 0 Å². The number of nitrogens with two attached hydrogens (primary N) is 1. The first-order valence-corrected chi connectivity index (χ1v) is 3.98. The molecule has 0 aliphatic carbocycles. The largest absolute Gasteiger partial charge is 0.370 e. The summed E-state index contributed by atoms with van der Waals surface area (Å²) in [7, 11) is 0. The number of carbonyl (C=O) groups is 1. The van der Waals surface area contributed by atoms with Crippen LogP contribution in [0.4, 0.5) is 0 Å². The van der Waals surface area contributed by atoms with Gasteiger partial charge in [-0.25, -0.2) is 0 Å². The number of nitrogens with zero attached hydrogens (tertiary/aromatic N) is 1. The second-order valence-corrected chi connectivity index (χ2v) is 2.25. The quantitative estimate of drug-likeness (QED) is 0.278. The van der Waals surface area contributed by atoms with E-state index < -0.39 is 5.09 Å². The highest BCUT2D eigenvalue weighted by Gasteiger charge is 2.00. The SMILES string of the molecule is NCCNC(=O)COCCO[N+](=O)[O-]. The molecule has 14 heavy (non-hydrogen) atoms. The fraction of sp³-hybridized carbons (Fsp3) is 0.833. The maximum atomic E-state index is 10.8. The van der Waals surface area contributed by atoms with Gasteiger partial charge in [0.2, 0.25) is 5.91 Å². The first kappa shape index (κ1) is 12.6. The van der Waals surface area contributed by atoms with Crippen LogP contribution in [0.3, 0.4) is 0 Å². The molecule has 0 aliphatic heterocycles.